The molecule has 0 N–H and O–H groups in total. The maximum Gasteiger partial charge on any atom is 0.251 e. The molecule has 0 radical (unpaired) electrons. The van der Waals surface area contributed by atoms with Crippen molar-refractivity contribution < 1.29 is 9.53 Å². The number of anilines is 1. The molecule has 0 spiro atoms. The van der Waals surface area contributed by atoms with Crippen LogP contribution in [0.1, 0.15) is 26.2 Å². The molecule has 1 aliphatic carbocycles. The van der Waals surface area contributed by atoms with E-state index >= 15 is 0 Å². The largest absolute Gasteiger partial charge is 0.368 e. The van der Waals surface area contributed by atoms with E-state index < -0.39 is 0 Å². The number of aromatic nitrogens is 2. The van der Waals surface area contributed by atoms with Crippen LogP contribution in [0, 0.1) is 5.92 Å². The van der Waals surface area contributed by atoms with Gasteiger partial charge in [-0.15, -0.1) is 5.10 Å². The van der Waals surface area contributed by atoms with Gasteiger partial charge >= 0.3 is 0 Å². The molecule has 1 saturated heterocycles. The Morgan fingerprint density at radius 3 is 2.95 bits per heavy atom. The molecule has 2 heterocycles. The third-order valence-electron chi connectivity index (χ3n) is 4.32. The molecule has 0 unspecified atom stereocenters. The highest BCUT2D eigenvalue weighted by atomic mass is 16.5. The minimum Gasteiger partial charge on any atom is -0.368 e. The summed E-state index contributed by atoms with van der Waals surface area (Å²) in [4.78, 5) is 16.6. The molecule has 0 aromatic carbocycles. The van der Waals surface area contributed by atoms with Crippen molar-refractivity contribution in [3.63, 3.8) is 0 Å². The van der Waals surface area contributed by atoms with Crippen LogP contribution in [-0.4, -0.2) is 59.9 Å². The quantitative estimate of drug-likeness (QED) is 0.821. The van der Waals surface area contributed by atoms with Crippen LogP contribution < -0.4 is 4.90 Å². The zero-order valence-electron chi connectivity index (χ0n) is 13.1. The summed E-state index contributed by atoms with van der Waals surface area (Å²) in [7, 11) is 0. The van der Waals surface area contributed by atoms with E-state index in [4.69, 9.17) is 4.74 Å². The lowest BCUT2D eigenvalue weighted by Crippen LogP contribution is -2.41. The molecule has 3 rings (SSSR count). The Hall–Kier alpha value is -1.69. The van der Waals surface area contributed by atoms with Crippen molar-refractivity contribution in [2.75, 3.05) is 37.7 Å². The third kappa shape index (κ3) is 3.94. The molecular formula is C16H24N4O2. The average molecular weight is 304 g/mol. The summed E-state index contributed by atoms with van der Waals surface area (Å²) in [6.45, 7) is 5.79. The van der Waals surface area contributed by atoms with Crippen molar-refractivity contribution in [3.8, 4) is 0 Å². The summed E-state index contributed by atoms with van der Waals surface area (Å²) in [6.07, 6.45) is 4.78. The number of hydrogen-bond acceptors (Lipinski definition) is 5. The number of amides is 1. The van der Waals surface area contributed by atoms with E-state index in [0.717, 1.165) is 38.5 Å². The van der Waals surface area contributed by atoms with Crippen LogP contribution >= 0.6 is 0 Å². The van der Waals surface area contributed by atoms with E-state index in [1.54, 1.807) is 6.20 Å². The lowest BCUT2D eigenvalue weighted by atomic mass is 10.3. The third-order valence-corrected chi connectivity index (χ3v) is 4.32. The maximum atomic E-state index is 12.5. The number of hydrogen-bond donors (Lipinski definition) is 0. The van der Waals surface area contributed by atoms with E-state index in [9.17, 15) is 4.79 Å². The number of carbonyl (C=O) groups excluding carboxylic acids is 1. The lowest BCUT2D eigenvalue weighted by molar-refractivity contribution is -0.142. The summed E-state index contributed by atoms with van der Waals surface area (Å²) >= 11 is 0. The first kappa shape index (κ1) is 15.2. The van der Waals surface area contributed by atoms with Crippen molar-refractivity contribution in [3.05, 3.63) is 18.3 Å². The summed E-state index contributed by atoms with van der Waals surface area (Å²) in [5.74, 6) is 1.68. The highest BCUT2D eigenvalue weighted by molar-refractivity contribution is 5.80. The van der Waals surface area contributed by atoms with Gasteiger partial charge in [0.05, 0.1) is 6.61 Å². The summed E-state index contributed by atoms with van der Waals surface area (Å²) in [5.41, 5.74) is 0. The SMILES string of the molecule is C[C@@H](OCC1CC1)C(=O)N1CCCN(c2cccnn2)CC1. The van der Waals surface area contributed by atoms with Crippen LogP contribution in [-0.2, 0) is 9.53 Å². The van der Waals surface area contributed by atoms with Gasteiger partial charge in [-0.2, -0.15) is 5.10 Å². The topological polar surface area (TPSA) is 58.6 Å². The molecule has 2 fully saturated rings. The fourth-order valence-electron chi connectivity index (χ4n) is 2.72. The van der Waals surface area contributed by atoms with Crippen LogP contribution in [0.4, 0.5) is 5.82 Å². The molecule has 0 bridgehead atoms. The maximum absolute atomic E-state index is 12.5. The van der Waals surface area contributed by atoms with Crippen molar-refractivity contribution >= 4 is 11.7 Å². The predicted octanol–water partition coefficient (Wildman–Crippen LogP) is 1.33. The molecule has 1 amide bonds. The van der Waals surface area contributed by atoms with Crippen molar-refractivity contribution in [2.45, 2.75) is 32.3 Å². The molecule has 6 heteroatoms. The number of nitrogens with zero attached hydrogens (tertiary/aromatic N) is 4. The average Bonchev–Trinajstić information content (AvgIpc) is 3.39. The summed E-state index contributed by atoms with van der Waals surface area (Å²) in [6, 6.07) is 3.86. The summed E-state index contributed by atoms with van der Waals surface area (Å²) < 4.78 is 5.71. The molecule has 1 aromatic rings. The Morgan fingerprint density at radius 1 is 1.36 bits per heavy atom. The van der Waals surface area contributed by atoms with Crippen molar-refractivity contribution in [2.24, 2.45) is 5.92 Å². The van der Waals surface area contributed by atoms with Gasteiger partial charge in [-0.25, -0.2) is 0 Å². The first-order valence-electron chi connectivity index (χ1n) is 8.17. The van der Waals surface area contributed by atoms with Crippen LogP contribution in [0.5, 0.6) is 0 Å². The predicted molar refractivity (Wildman–Crippen MR) is 83.6 cm³/mol. The van der Waals surface area contributed by atoms with Crippen LogP contribution in [0.3, 0.4) is 0 Å². The van der Waals surface area contributed by atoms with Crippen molar-refractivity contribution in [1.29, 1.82) is 0 Å². The van der Waals surface area contributed by atoms with Crippen molar-refractivity contribution in [1.82, 2.24) is 15.1 Å². The normalized spacial score (nSPS) is 20.6. The highest BCUT2D eigenvalue weighted by Crippen LogP contribution is 2.29. The second kappa shape index (κ2) is 7.05. The fraction of sp³-hybridized carbons (Fsp3) is 0.688. The molecule has 1 aromatic heterocycles. The highest BCUT2D eigenvalue weighted by Gasteiger charge is 2.27. The van der Waals surface area contributed by atoms with Gasteiger partial charge in [0.2, 0.25) is 0 Å². The van der Waals surface area contributed by atoms with Gasteiger partial charge in [0.1, 0.15) is 6.10 Å². The van der Waals surface area contributed by atoms with Crippen LogP contribution in [0.15, 0.2) is 18.3 Å². The van der Waals surface area contributed by atoms with Crippen LogP contribution in [0.25, 0.3) is 0 Å². The smallest absolute Gasteiger partial charge is 0.251 e. The number of rotatable bonds is 5. The first-order chi connectivity index (χ1) is 10.7. The van der Waals surface area contributed by atoms with Gasteiger partial charge in [-0.05, 0) is 44.2 Å². The van der Waals surface area contributed by atoms with Crippen LogP contribution in [0.2, 0.25) is 0 Å². The second-order valence-corrected chi connectivity index (χ2v) is 6.17. The fourth-order valence-corrected chi connectivity index (χ4v) is 2.72. The van der Waals surface area contributed by atoms with Gasteiger partial charge in [0.25, 0.3) is 5.91 Å². The Balaban J connectivity index is 1.51. The molecule has 120 valence electrons. The minimum absolute atomic E-state index is 0.113. The van der Waals surface area contributed by atoms with Gasteiger partial charge in [-0.3, -0.25) is 4.79 Å². The van der Waals surface area contributed by atoms with Gasteiger partial charge in [0.15, 0.2) is 5.82 Å². The monoisotopic (exact) mass is 304 g/mol. The molecule has 2 aliphatic rings. The molecule has 1 atom stereocenters. The standard InChI is InChI=1S/C16H24N4O2/c1-13(22-12-14-5-6-14)16(21)20-9-3-8-19(10-11-20)15-4-2-7-17-18-15/h2,4,7,13-14H,3,5-6,8-12H2,1H3/t13-/m1/s1. The Bertz CT molecular complexity index is 492. The van der Waals surface area contributed by atoms with E-state index in [-0.39, 0.29) is 12.0 Å². The zero-order chi connectivity index (χ0) is 15.4. The molecule has 22 heavy (non-hydrogen) atoms. The Kier molecular flexibility index (Phi) is 4.87. The Morgan fingerprint density at radius 2 is 2.23 bits per heavy atom. The van der Waals surface area contributed by atoms with Gasteiger partial charge < -0.3 is 14.5 Å². The molecular weight excluding hydrogens is 280 g/mol. The van der Waals surface area contributed by atoms with E-state index in [0.29, 0.717) is 12.5 Å². The van der Waals surface area contributed by atoms with E-state index in [2.05, 4.69) is 15.1 Å². The van der Waals surface area contributed by atoms with E-state index in [1.165, 1.54) is 12.8 Å². The van der Waals surface area contributed by atoms with Gasteiger partial charge in [0, 0.05) is 32.4 Å². The second-order valence-electron chi connectivity index (χ2n) is 6.17. The zero-order valence-corrected chi connectivity index (χ0v) is 13.1. The van der Waals surface area contributed by atoms with Gasteiger partial charge in [-0.1, -0.05) is 0 Å². The summed E-state index contributed by atoms with van der Waals surface area (Å²) in [5, 5.41) is 8.08. The Labute approximate surface area is 131 Å². The first-order valence-corrected chi connectivity index (χ1v) is 8.17. The minimum atomic E-state index is -0.330. The lowest BCUT2D eigenvalue weighted by Gasteiger charge is -2.25. The molecule has 6 nitrogen and oxygen atoms in total. The molecule has 1 saturated carbocycles. The van der Waals surface area contributed by atoms with E-state index in [1.807, 2.05) is 24.0 Å². The molecule has 1 aliphatic heterocycles. The number of carbonyl (C=O) groups is 1. The number of ether oxygens (including phenoxy) is 1.